The van der Waals surface area contributed by atoms with Crippen LogP contribution in [0, 0.1) is 0 Å². The van der Waals surface area contributed by atoms with Crippen LogP contribution in [0.25, 0.3) is 0 Å². The zero-order valence-electron chi connectivity index (χ0n) is 11.5. The third-order valence-corrected chi connectivity index (χ3v) is 2.49. The molecule has 0 heterocycles. The fourth-order valence-corrected chi connectivity index (χ4v) is 1.27. The lowest BCUT2D eigenvalue weighted by molar-refractivity contribution is -0.137. The molecule has 5 nitrogen and oxygen atoms in total. The number of benzene rings is 1. The van der Waals surface area contributed by atoms with Gasteiger partial charge in [-0.05, 0) is 24.3 Å². The molecule has 1 aromatic rings. The second kappa shape index (κ2) is 6.96. The molecule has 21 heavy (non-hydrogen) atoms. The van der Waals surface area contributed by atoms with Crippen LogP contribution in [-0.4, -0.2) is 44.0 Å². The summed E-state index contributed by atoms with van der Waals surface area (Å²) >= 11 is 0. The van der Waals surface area contributed by atoms with Crippen molar-refractivity contribution in [2.45, 2.75) is 6.18 Å². The van der Waals surface area contributed by atoms with E-state index in [0.29, 0.717) is 0 Å². The van der Waals surface area contributed by atoms with Crippen molar-refractivity contribution < 1.29 is 27.5 Å². The Kier molecular flexibility index (Phi) is 5.57. The molecule has 0 saturated heterocycles. The van der Waals surface area contributed by atoms with Gasteiger partial charge >= 0.3 is 6.18 Å². The molecule has 1 aromatic carbocycles. The van der Waals surface area contributed by atoms with E-state index in [1.165, 1.54) is 4.90 Å². The van der Waals surface area contributed by atoms with Crippen molar-refractivity contribution in [2.24, 2.45) is 0 Å². The lowest BCUT2D eigenvalue weighted by Gasteiger charge is -2.11. The SMILES string of the molecule is CN(C)C(=O)CNC(=O)COc1ccc(C(F)(F)F)cc1. The average Bonchev–Trinajstić information content (AvgIpc) is 2.41. The van der Waals surface area contributed by atoms with E-state index in [4.69, 9.17) is 4.74 Å². The van der Waals surface area contributed by atoms with Crippen molar-refractivity contribution in [1.82, 2.24) is 10.2 Å². The summed E-state index contributed by atoms with van der Waals surface area (Å²) in [5.41, 5.74) is -0.795. The van der Waals surface area contributed by atoms with Crippen LogP contribution in [-0.2, 0) is 15.8 Å². The number of halogens is 3. The number of rotatable bonds is 5. The Morgan fingerprint density at radius 3 is 2.24 bits per heavy atom. The van der Waals surface area contributed by atoms with Gasteiger partial charge in [0.1, 0.15) is 5.75 Å². The summed E-state index contributed by atoms with van der Waals surface area (Å²) in [6.45, 7) is -0.547. The van der Waals surface area contributed by atoms with Crippen LogP contribution in [0.4, 0.5) is 13.2 Å². The smallest absolute Gasteiger partial charge is 0.416 e. The van der Waals surface area contributed by atoms with E-state index in [2.05, 4.69) is 5.32 Å². The van der Waals surface area contributed by atoms with Gasteiger partial charge in [-0.2, -0.15) is 13.2 Å². The van der Waals surface area contributed by atoms with E-state index in [-0.39, 0.29) is 24.8 Å². The number of carbonyl (C=O) groups is 2. The van der Waals surface area contributed by atoms with E-state index >= 15 is 0 Å². The summed E-state index contributed by atoms with van der Waals surface area (Å²) in [5.74, 6) is -0.680. The van der Waals surface area contributed by atoms with Crippen molar-refractivity contribution in [2.75, 3.05) is 27.2 Å². The van der Waals surface area contributed by atoms with Gasteiger partial charge in [0.2, 0.25) is 5.91 Å². The molecule has 0 unspecified atom stereocenters. The predicted octanol–water partition coefficient (Wildman–Crippen LogP) is 1.29. The average molecular weight is 304 g/mol. The first kappa shape index (κ1) is 16.8. The highest BCUT2D eigenvalue weighted by atomic mass is 19.4. The number of hydrogen-bond donors (Lipinski definition) is 1. The maximum absolute atomic E-state index is 12.3. The summed E-state index contributed by atoms with van der Waals surface area (Å²) in [4.78, 5) is 23.9. The molecule has 0 spiro atoms. The Bertz CT molecular complexity index is 498. The largest absolute Gasteiger partial charge is 0.484 e. The normalized spacial score (nSPS) is 10.9. The highest BCUT2D eigenvalue weighted by molar-refractivity contribution is 5.85. The third-order valence-electron chi connectivity index (χ3n) is 2.49. The third kappa shape index (κ3) is 5.72. The van der Waals surface area contributed by atoms with Gasteiger partial charge < -0.3 is 15.0 Å². The van der Waals surface area contributed by atoms with Crippen LogP contribution in [0.1, 0.15) is 5.56 Å². The minimum atomic E-state index is -4.41. The van der Waals surface area contributed by atoms with Gasteiger partial charge in [-0.1, -0.05) is 0 Å². The second-order valence-electron chi connectivity index (χ2n) is 4.38. The Labute approximate surface area is 119 Å². The molecule has 8 heteroatoms. The molecule has 0 aromatic heterocycles. The van der Waals surface area contributed by atoms with Gasteiger partial charge in [0.15, 0.2) is 6.61 Å². The molecule has 0 radical (unpaired) electrons. The molecular weight excluding hydrogens is 289 g/mol. The maximum atomic E-state index is 12.3. The molecule has 0 fully saturated rings. The number of ether oxygens (including phenoxy) is 1. The molecule has 0 aliphatic carbocycles. The molecule has 116 valence electrons. The van der Waals surface area contributed by atoms with E-state index in [9.17, 15) is 22.8 Å². The fraction of sp³-hybridized carbons (Fsp3) is 0.385. The van der Waals surface area contributed by atoms with Crippen LogP contribution >= 0.6 is 0 Å². The molecule has 2 amide bonds. The van der Waals surface area contributed by atoms with E-state index in [1.54, 1.807) is 14.1 Å². The van der Waals surface area contributed by atoms with Crippen molar-refractivity contribution >= 4 is 11.8 Å². The van der Waals surface area contributed by atoms with Gasteiger partial charge in [-0.25, -0.2) is 0 Å². The van der Waals surface area contributed by atoms with Gasteiger partial charge in [0, 0.05) is 14.1 Å². The standard InChI is InChI=1S/C13H15F3N2O3/c1-18(2)12(20)7-17-11(19)8-21-10-5-3-9(4-6-10)13(14,15)16/h3-6H,7-8H2,1-2H3,(H,17,19). The molecule has 0 aliphatic rings. The highest BCUT2D eigenvalue weighted by Crippen LogP contribution is 2.30. The number of nitrogens with zero attached hydrogens (tertiary/aromatic N) is 1. The van der Waals surface area contributed by atoms with E-state index in [1.807, 2.05) is 0 Å². The molecule has 0 bridgehead atoms. The van der Waals surface area contributed by atoms with Crippen LogP contribution < -0.4 is 10.1 Å². The Balaban J connectivity index is 2.41. The first-order valence-electron chi connectivity index (χ1n) is 5.97. The molecule has 1 rings (SSSR count). The van der Waals surface area contributed by atoms with Gasteiger partial charge in [-0.3, -0.25) is 9.59 Å². The van der Waals surface area contributed by atoms with Gasteiger partial charge in [0.25, 0.3) is 5.91 Å². The number of likely N-dealkylation sites (N-methyl/N-ethyl adjacent to an activating group) is 1. The predicted molar refractivity (Wildman–Crippen MR) is 68.6 cm³/mol. The summed E-state index contributed by atoms with van der Waals surface area (Å²) in [7, 11) is 3.10. The molecule has 1 N–H and O–H groups in total. The number of alkyl halides is 3. The monoisotopic (exact) mass is 304 g/mol. The zero-order chi connectivity index (χ0) is 16.0. The van der Waals surface area contributed by atoms with Crippen molar-refractivity contribution in [1.29, 1.82) is 0 Å². The maximum Gasteiger partial charge on any atom is 0.416 e. The summed E-state index contributed by atoms with van der Waals surface area (Å²) in [5, 5.41) is 2.33. The second-order valence-corrected chi connectivity index (χ2v) is 4.38. The summed E-state index contributed by atoms with van der Waals surface area (Å²) in [6.07, 6.45) is -4.41. The minimum Gasteiger partial charge on any atom is -0.484 e. The molecule has 0 aliphatic heterocycles. The van der Waals surface area contributed by atoms with Crippen LogP contribution in [0.5, 0.6) is 5.75 Å². The van der Waals surface area contributed by atoms with Crippen molar-refractivity contribution in [3.05, 3.63) is 29.8 Å². The van der Waals surface area contributed by atoms with Crippen LogP contribution in [0.15, 0.2) is 24.3 Å². The quantitative estimate of drug-likeness (QED) is 0.892. The fourth-order valence-electron chi connectivity index (χ4n) is 1.27. The first-order chi connectivity index (χ1) is 9.70. The number of amides is 2. The zero-order valence-corrected chi connectivity index (χ0v) is 11.5. The van der Waals surface area contributed by atoms with Gasteiger partial charge in [-0.15, -0.1) is 0 Å². The molecule has 0 saturated carbocycles. The number of nitrogens with one attached hydrogen (secondary N) is 1. The van der Waals surface area contributed by atoms with Crippen molar-refractivity contribution in [3.8, 4) is 5.75 Å². The lowest BCUT2D eigenvalue weighted by atomic mass is 10.2. The van der Waals surface area contributed by atoms with E-state index in [0.717, 1.165) is 24.3 Å². The summed E-state index contributed by atoms with van der Waals surface area (Å²) in [6, 6.07) is 3.98. The minimum absolute atomic E-state index is 0.136. The Morgan fingerprint density at radius 2 is 1.76 bits per heavy atom. The Morgan fingerprint density at radius 1 is 1.19 bits per heavy atom. The number of carbonyl (C=O) groups excluding carboxylic acids is 2. The number of hydrogen-bond acceptors (Lipinski definition) is 3. The topological polar surface area (TPSA) is 58.6 Å². The first-order valence-corrected chi connectivity index (χ1v) is 5.97. The molecule has 0 atom stereocenters. The van der Waals surface area contributed by atoms with Crippen molar-refractivity contribution in [3.63, 3.8) is 0 Å². The highest BCUT2D eigenvalue weighted by Gasteiger charge is 2.30. The molecular formula is C13H15F3N2O3. The van der Waals surface area contributed by atoms with Gasteiger partial charge in [0.05, 0.1) is 12.1 Å². The summed E-state index contributed by atoms with van der Waals surface area (Å²) < 4.78 is 42.0. The Hall–Kier alpha value is -2.25. The van der Waals surface area contributed by atoms with Crippen LogP contribution in [0.2, 0.25) is 0 Å². The van der Waals surface area contributed by atoms with E-state index < -0.39 is 17.6 Å². The van der Waals surface area contributed by atoms with Crippen LogP contribution in [0.3, 0.4) is 0 Å². The lowest BCUT2D eigenvalue weighted by Crippen LogP contribution is -2.38.